The van der Waals surface area contributed by atoms with Gasteiger partial charge in [0.2, 0.25) is 0 Å². The van der Waals surface area contributed by atoms with Crippen LogP contribution in [0.4, 0.5) is 0 Å². The quantitative estimate of drug-likeness (QED) is 0.139. The van der Waals surface area contributed by atoms with E-state index in [-0.39, 0.29) is 36.5 Å². The van der Waals surface area contributed by atoms with Gasteiger partial charge in [-0.15, -0.1) is 24.0 Å². The van der Waals surface area contributed by atoms with Crippen LogP contribution in [-0.2, 0) is 6.54 Å². The predicted octanol–water partition coefficient (Wildman–Crippen LogP) is 3.69. The minimum Gasteiger partial charge on any atom is -0.396 e. The number of guanidine groups is 1. The van der Waals surface area contributed by atoms with Gasteiger partial charge in [-0.25, -0.2) is 4.99 Å². The van der Waals surface area contributed by atoms with Gasteiger partial charge >= 0.3 is 0 Å². The lowest BCUT2D eigenvalue weighted by Gasteiger charge is -2.18. The van der Waals surface area contributed by atoms with Crippen molar-refractivity contribution in [2.75, 3.05) is 26.2 Å². The number of aliphatic imine (C=N–C) groups is 1. The van der Waals surface area contributed by atoms with Crippen LogP contribution in [0.15, 0.2) is 29.3 Å². The maximum absolute atomic E-state index is 12.1. The Labute approximate surface area is 193 Å². The zero-order valence-electron chi connectivity index (χ0n) is 18.2. The first-order valence-electron chi connectivity index (χ1n) is 10.6. The first kappa shape index (κ1) is 27.6. The number of amides is 1. The molecule has 0 heterocycles. The average Bonchev–Trinajstić information content (AvgIpc) is 2.70. The number of benzene rings is 1. The molecule has 6 nitrogen and oxygen atoms in total. The molecule has 1 atom stereocenters. The van der Waals surface area contributed by atoms with E-state index in [4.69, 9.17) is 0 Å². The second-order valence-electron chi connectivity index (χ2n) is 7.05. The molecule has 0 bridgehead atoms. The molecule has 1 unspecified atom stereocenters. The second-order valence-corrected chi connectivity index (χ2v) is 7.05. The molecule has 4 N–H and O–H groups in total. The lowest BCUT2D eigenvalue weighted by atomic mass is 10.0. The highest BCUT2D eigenvalue weighted by Crippen LogP contribution is 2.09. The Bertz CT molecular complexity index is 573. The Morgan fingerprint density at radius 1 is 1.03 bits per heavy atom. The van der Waals surface area contributed by atoms with Gasteiger partial charge in [0.25, 0.3) is 5.91 Å². The zero-order chi connectivity index (χ0) is 20.6. The molecule has 0 radical (unpaired) electrons. The summed E-state index contributed by atoms with van der Waals surface area (Å²) in [4.78, 5) is 16.7. The Kier molecular flexibility index (Phi) is 16.7. The van der Waals surface area contributed by atoms with E-state index in [0.29, 0.717) is 24.6 Å². The number of nitrogens with one attached hydrogen (secondary N) is 3. The monoisotopic (exact) mass is 518 g/mol. The zero-order valence-corrected chi connectivity index (χ0v) is 20.5. The topological polar surface area (TPSA) is 85.8 Å². The van der Waals surface area contributed by atoms with Gasteiger partial charge in [-0.05, 0) is 49.8 Å². The van der Waals surface area contributed by atoms with E-state index >= 15 is 0 Å². The number of halogens is 1. The lowest BCUT2D eigenvalue weighted by molar-refractivity contribution is 0.0953. The fourth-order valence-corrected chi connectivity index (χ4v) is 2.93. The molecule has 0 aromatic heterocycles. The third kappa shape index (κ3) is 12.1. The molecule has 7 heteroatoms. The molecule has 29 heavy (non-hydrogen) atoms. The molecule has 0 saturated heterocycles. The van der Waals surface area contributed by atoms with Gasteiger partial charge in [-0.3, -0.25) is 4.79 Å². The highest BCUT2D eigenvalue weighted by Gasteiger charge is 2.08. The van der Waals surface area contributed by atoms with Crippen molar-refractivity contribution >= 4 is 35.8 Å². The maximum Gasteiger partial charge on any atom is 0.251 e. The van der Waals surface area contributed by atoms with Crippen molar-refractivity contribution in [3.05, 3.63) is 35.4 Å². The van der Waals surface area contributed by atoms with E-state index in [1.165, 1.54) is 0 Å². The van der Waals surface area contributed by atoms with Gasteiger partial charge in [0.1, 0.15) is 0 Å². The van der Waals surface area contributed by atoms with E-state index in [2.05, 4.69) is 34.8 Å². The maximum atomic E-state index is 12.1. The molecule has 0 fully saturated rings. The van der Waals surface area contributed by atoms with E-state index in [1.807, 2.05) is 31.2 Å². The minimum atomic E-state index is -0.0237. The van der Waals surface area contributed by atoms with E-state index < -0.39 is 0 Å². The number of aliphatic hydroxyl groups is 1. The highest BCUT2D eigenvalue weighted by molar-refractivity contribution is 14.0. The largest absolute Gasteiger partial charge is 0.396 e. The summed E-state index contributed by atoms with van der Waals surface area (Å²) >= 11 is 0. The van der Waals surface area contributed by atoms with Gasteiger partial charge in [-0.2, -0.15) is 0 Å². The SMILES string of the molecule is CCCCNC(=O)c1ccc(CN=C(NCC)NCC(CCC)CCO)cc1.I. The molecule has 166 valence electrons. The van der Waals surface area contributed by atoms with Crippen molar-refractivity contribution in [3.8, 4) is 0 Å². The van der Waals surface area contributed by atoms with Crippen LogP contribution in [0, 0.1) is 5.92 Å². The van der Waals surface area contributed by atoms with Crippen LogP contribution < -0.4 is 16.0 Å². The Morgan fingerprint density at radius 2 is 1.76 bits per heavy atom. The summed E-state index contributed by atoms with van der Waals surface area (Å²) in [6.45, 7) is 9.39. The molecule has 0 aliphatic carbocycles. The number of carbonyl (C=O) groups excluding carboxylic acids is 1. The van der Waals surface area contributed by atoms with Gasteiger partial charge in [-0.1, -0.05) is 38.8 Å². The third-order valence-corrected chi connectivity index (χ3v) is 4.59. The molecule has 1 amide bonds. The molecule has 0 aliphatic rings. The van der Waals surface area contributed by atoms with Gasteiger partial charge < -0.3 is 21.1 Å². The number of carbonyl (C=O) groups is 1. The smallest absolute Gasteiger partial charge is 0.251 e. The Balaban J connectivity index is 0.00000784. The summed E-state index contributed by atoms with van der Waals surface area (Å²) in [5.41, 5.74) is 1.74. The van der Waals surface area contributed by atoms with Crippen LogP contribution in [0.5, 0.6) is 0 Å². The van der Waals surface area contributed by atoms with Gasteiger partial charge in [0, 0.05) is 31.8 Å². The Hall–Kier alpha value is -1.35. The van der Waals surface area contributed by atoms with Crippen molar-refractivity contribution < 1.29 is 9.90 Å². The second kappa shape index (κ2) is 17.5. The molecular formula is C22H39IN4O2. The predicted molar refractivity (Wildman–Crippen MR) is 132 cm³/mol. The molecule has 1 aromatic rings. The third-order valence-electron chi connectivity index (χ3n) is 4.59. The number of hydrogen-bond acceptors (Lipinski definition) is 3. The number of hydrogen-bond donors (Lipinski definition) is 4. The summed E-state index contributed by atoms with van der Waals surface area (Å²) in [6.07, 6.45) is 5.07. The number of unbranched alkanes of at least 4 members (excludes halogenated alkanes) is 1. The van der Waals surface area contributed by atoms with Crippen LogP contribution in [0.1, 0.15) is 68.8 Å². The van der Waals surface area contributed by atoms with Crippen molar-refractivity contribution in [2.24, 2.45) is 10.9 Å². The number of rotatable bonds is 13. The first-order valence-corrected chi connectivity index (χ1v) is 10.6. The van der Waals surface area contributed by atoms with E-state index in [1.54, 1.807) is 0 Å². The van der Waals surface area contributed by atoms with E-state index in [9.17, 15) is 9.90 Å². The van der Waals surface area contributed by atoms with Crippen molar-refractivity contribution in [1.29, 1.82) is 0 Å². The summed E-state index contributed by atoms with van der Waals surface area (Å²) in [5.74, 6) is 1.21. The molecule has 0 saturated carbocycles. The molecule has 1 rings (SSSR count). The van der Waals surface area contributed by atoms with Crippen molar-refractivity contribution in [2.45, 2.75) is 59.4 Å². The van der Waals surface area contributed by atoms with Gasteiger partial charge in [0.15, 0.2) is 5.96 Å². The Morgan fingerprint density at radius 3 is 2.34 bits per heavy atom. The fourth-order valence-electron chi connectivity index (χ4n) is 2.93. The molecule has 1 aromatic carbocycles. The molecule has 0 spiro atoms. The molecule has 0 aliphatic heterocycles. The highest BCUT2D eigenvalue weighted by atomic mass is 127. The normalized spacial score (nSPS) is 12.1. The number of aliphatic hydroxyl groups excluding tert-OH is 1. The van der Waals surface area contributed by atoms with Crippen molar-refractivity contribution in [1.82, 2.24) is 16.0 Å². The summed E-state index contributed by atoms with van der Waals surface area (Å²) in [6, 6.07) is 7.61. The first-order chi connectivity index (χ1) is 13.6. The van der Waals surface area contributed by atoms with Crippen LogP contribution in [-0.4, -0.2) is 43.2 Å². The van der Waals surface area contributed by atoms with Crippen LogP contribution in [0.2, 0.25) is 0 Å². The standard InChI is InChI=1S/C22H38N4O2.HI/c1-4-7-14-24-21(28)20-11-9-19(10-12-20)17-26-22(23-6-3)25-16-18(8-5-2)13-15-27;/h9-12,18,27H,4-8,13-17H2,1-3H3,(H,24,28)(H2,23,25,26);1H. The average molecular weight is 518 g/mol. The molecular weight excluding hydrogens is 479 g/mol. The van der Waals surface area contributed by atoms with Crippen molar-refractivity contribution in [3.63, 3.8) is 0 Å². The van der Waals surface area contributed by atoms with E-state index in [0.717, 1.165) is 56.7 Å². The summed E-state index contributed by atoms with van der Waals surface area (Å²) in [5, 5.41) is 18.8. The minimum absolute atomic E-state index is 0. The van der Waals surface area contributed by atoms with Crippen LogP contribution in [0.3, 0.4) is 0 Å². The fraction of sp³-hybridized carbons (Fsp3) is 0.636. The van der Waals surface area contributed by atoms with Crippen LogP contribution in [0.25, 0.3) is 0 Å². The summed E-state index contributed by atoms with van der Waals surface area (Å²) < 4.78 is 0. The number of nitrogens with zero attached hydrogens (tertiary/aromatic N) is 1. The lowest BCUT2D eigenvalue weighted by Crippen LogP contribution is -2.40. The van der Waals surface area contributed by atoms with Gasteiger partial charge in [0.05, 0.1) is 6.54 Å². The summed E-state index contributed by atoms with van der Waals surface area (Å²) in [7, 11) is 0. The van der Waals surface area contributed by atoms with Crippen LogP contribution >= 0.6 is 24.0 Å².